The molecule has 19 heavy (non-hydrogen) atoms. The fraction of sp³-hybridized carbons (Fsp3) is 0.562. The molecule has 1 aliphatic heterocycles. The lowest BCUT2D eigenvalue weighted by Gasteiger charge is -2.23. The second kappa shape index (κ2) is 5.64. The van der Waals surface area contributed by atoms with Gasteiger partial charge in [0.05, 0.1) is 0 Å². The zero-order valence-electron chi connectivity index (χ0n) is 11.4. The zero-order chi connectivity index (χ0) is 13.1. The molecular formula is C16H22N2O. The van der Waals surface area contributed by atoms with Crippen molar-refractivity contribution in [2.75, 3.05) is 11.4 Å². The molecule has 0 radical (unpaired) electrons. The van der Waals surface area contributed by atoms with E-state index in [0.29, 0.717) is 6.04 Å². The molecule has 3 nitrogen and oxygen atoms in total. The minimum absolute atomic E-state index is 0.0943. The van der Waals surface area contributed by atoms with Crippen LogP contribution in [0.25, 0.3) is 0 Å². The Hall–Kier alpha value is -1.51. The van der Waals surface area contributed by atoms with Gasteiger partial charge in [0.25, 0.3) is 0 Å². The minimum Gasteiger partial charge on any atom is -0.335 e. The van der Waals surface area contributed by atoms with Gasteiger partial charge in [0, 0.05) is 18.3 Å². The monoisotopic (exact) mass is 258 g/mol. The third-order valence-electron chi connectivity index (χ3n) is 4.32. The van der Waals surface area contributed by atoms with E-state index in [2.05, 4.69) is 17.4 Å². The summed E-state index contributed by atoms with van der Waals surface area (Å²) < 4.78 is 0. The van der Waals surface area contributed by atoms with Crippen LogP contribution in [-0.4, -0.2) is 18.6 Å². The van der Waals surface area contributed by atoms with Gasteiger partial charge in [0.15, 0.2) is 0 Å². The molecule has 0 saturated heterocycles. The molecule has 0 aromatic heterocycles. The molecule has 3 rings (SSSR count). The number of para-hydroxylation sites is 1. The number of anilines is 1. The van der Waals surface area contributed by atoms with Crippen LogP contribution in [0.3, 0.4) is 0 Å². The van der Waals surface area contributed by atoms with Gasteiger partial charge in [-0.05, 0) is 30.9 Å². The summed E-state index contributed by atoms with van der Waals surface area (Å²) in [5.41, 5.74) is 2.38. The number of hydrogen-bond acceptors (Lipinski definition) is 1. The first-order valence-electron chi connectivity index (χ1n) is 7.50. The number of benzene rings is 1. The SMILES string of the molecule is O=C(NC1CCCCCC1)N1CCc2ccccc21. The summed E-state index contributed by atoms with van der Waals surface area (Å²) in [6, 6.07) is 8.70. The van der Waals surface area contributed by atoms with E-state index in [0.717, 1.165) is 31.5 Å². The van der Waals surface area contributed by atoms with Crippen LogP contribution < -0.4 is 10.2 Å². The number of hydrogen-bond donors (Lipinski definition) is 1. The van der Waals surface area contributed by atoms with Crippen molar-refractivity contribution in [3.05, 3.63) is 29.8 Å². The van der Waals surface area contributed by atoms with Crippen LogP contribution in [0.5, 0.6) is 0 Å². The molecule has 1 saturated carbocycles. The highest BCUT2D eigenvalue weighted by atomic mass is 16.2. The van der Waals surface area contributed by atoms with Gasteiger partial charge in [-0.25, -0.2) is 4.79 Å². The Morgan fingerprint density at radius 2 is 1.84 bits per heavy atom. The van der Waals surface area contributed by atoms with Crippen LogP contribution >= 0.6 is 0 Å². The van der Waals surface area contributed by atoms with Crippen molar-refractivity contribution in [2.45, 2.75) is 51.0 Å². The summed E-state index contributed by atoms with van der Waals surface area (Å²) in [5, 5.41) is 3.23. The lowest BCUT2D eigenvalue weighted by Crippen LogP contribution is -2.44. The maximum absolute atomic E-state index is 12.4. The van der Waals surface area contributed by atoms with Crippen molar-refractivity contribution >= 4 is 11.7 Å². The van der Waals surface area contributed by atoms with Crippen LogP contribution in [-0.2, 0) is 6.42 Å². The Kier molecular flexibility index (Phi) is 3.72. The van der Waals surface area contributed by atoms with E-state index < -0.39 is 0 Å². The van der Waals surface area contributed by atoms with E-state index >= 15 is 0 Å². The van der Waals surface area contributed by atoms with Gasteiger partial charge in [-0.3, -0.25) is 4.90 Å². The van der Waals surface area contributed by atoms with Gasteiger partial charge in [0.2, 0.25) is 0 Å². The number of carbonyl (C=O) groups is 1. The normalized spacial score (nSPS) is 19.9. The number of fused-ring (bicyclic) bond motifs is 1. The second-order valence-electron chi connectivity index (χ2n) is 5.67. The first kappa shape index (κ1) is 12.5. The fourth-order valence-electron chi connectivity index (χ4n) is 3.23. The lowest BCUT2D eigenvalue weighted by atomic mass is 10.1. The van der Waals surface area contributed by atoms with E-state index in [1.54, 1.807) is 0 Å². The second-order valence-corrected chi connectivity index (χ2v) is 5.67. The maximum atomic E-state index is 12.4. The summed E-state index contributed by atoms with van der Waals surface area (Å²) in [4.78, 5) is 14.3. The third kappa shape index (κ3) is 2.75. The predicted molar refractivity (Wildman–Crippen MR) is 77.5 cm³/mol. The van der Waals surface area contributed by atoms with Crippen molar-refractivity contribution in [2.24, 2.45) is 0 Å². The first-order chi connectivity index (χ1) is 9.34. The molecule has 3 heteroatoms. The molecule has 0 bridgehead atoms. The van der Waals surface area contributed by atoms with Gasteiger partial charge in [-0.2, -0.15) is 0 Å². The number of carbonyl (C=O) groups excluding carboxylic acids is 1. The summed E-state index contributed by atoms with van der Waals surface area (Å²) in [7, 11) is 0. The lowest BCUT2D eigenvalue weighted by molar-refractivity contribution is 0.241. The molecule has 1 N–H and O–H groups in total. The van der Waals surface area contributed by atoms with Crippen molar-refractivity contribution in [1.82, 2.24) is 5.32 Å². The van der Waals surface area contributed by atoms with Gasteiger partial charge in [-0.15, -0.1) is 0 Å². The van der Waals surface area contributed by atoms with Crippen molar-refractivity contribution in [1.29, 1.82) is 0 Å². The quantitative estimate of drug-likeness (QED) is 0.768. The molecule has 1 aliphatic carbocycles. The Labute approximate surface area is 115 Å². The highest BCUT2D eigenvalue weighted by Crippen LogP contribution is 2.27. The van der Waals surface area contributed by atoms with E-state index in [4.69, 9.17) is 0 Å². The topological polar surface area (TPSA) is 32.3 Å². The average Bonchev–Trinajstić information content (AvgIpc) is 2.70. The zero-order valence-corrected chi connectivity index (χ0v) is 11.4. The average molecular weight is 258 g/mol. The molecule has 0 atom stereocenters. The third-order valence-corrected chi connectivity index (χ3v) is 4.32. The smallest absolute Gasteiger partial charge is 0.322 e. The molecule has 1 heterocycles. The van der Waals surface area contributed by atoms with Gasteiger partial charge >= 0.3 is 6.03 Å². The Morgan fingerprint density at radius 3 is 2.63 bits per heavy atom. The Balaban J connectivity index is 1.65. The van der Waals surface area contributed by atoms with Crippen molar-refractivity contribution < 1.29 is 4.79 Å². The molecule has 1 aromatic carbocycles. The van der Waals surface area contributed by atoms with Gasteiger partial charge < -0.3 is 5.32 Å². The molecule has 1 aromatic rings. The number of amides is 2. The Morgan fingerprint density at radius 1 is 1.11 bits per heavy atom. The molecule has 0 unspecified atom stereocenters. The molecule has 2 amide bonds. The van der Waals surface area contributed by atoms with Gasteiger partial charge in [-0.1, -0.05) is 43.9 Å². The maximum Gasteiger partial charge on any atom is 0.322 e. The molecule has 0 spiro atoms. The minimum atomic E-state index is 0.0943. The fourth-order valence-corrected chi connectivity index (χ4v) is 3.23. The summed E-state index contributed by atoms with van der Waals surface area (Å²) in [6.07, 6.45) is 8.40. The van der Waals surface area contributed by atoms with E-state index in [1.807, 2.05) is 17.0 Å². The summed E-state index contributed by atoms with van der Waals surface area (Å²) in [6.45, 7) is 0.817. The number of rotatable bonds is 1. The van der Waals surface area contributed by atoms with Crippen molar-refractivity contribution in [3.8, 4) is 0 Å². The first-order valence-corrected chi connectivity index (χ1v) is 7.50. The number of urea groups is 1. The standard InChI is InChI=1S/C16H22N2O/c19-16(17-14-8-3-1-2-4-9-14)18-12-11-13-7-5-6-10-15(13)18/h5-7,10,14H,1-4,8-9,11-12H2,(H,17,19). The van der Waals surface area contributed by atoms with Crippen LogP contribution in [0.4, 0.5) is 10.5 Å². The molecular weight excluding hydrogens is 236 g/mol. The van der Waals surface area contributed by atoms with E-state index in [1.165, 1.54) is 31.2 Å². The number of nitrogens with one attached hydrogen (secondary N) is 1. The summed E-state index contributed by atoms with van der Waals surface area (Å²) in [5.74, 6) is 0. The summed E-state index contributed by atoms with van der Waals surface area (Å²) >= 11 is 0. The Bertz CT molecular complexity index is 450. The van der Waals surface area contributed by atoms with Gasteiger partial charge in [0.1, 0.15) is 0 Å². The molecule has 1 fully saturated rings. The van der Waals surface area contributed by atoms with Crippen LogP contribution in [0, 0.1) is 0 Å². The van der Waals surface area contributed by atoms with E-state index in [-0.39, 0.29) is 6.03 Å². The molecule has 102 valence electrons. The largest absolute Gasteiger partial charge is 0.335 e. The van der Waals surface area contributed by atoms with Crippen molar-refractivity contribution in [3.63, 3.8) is 0 Å². The van der Waals surface area contributed by atoms with Crippen LogP contribution in [0.15, 0.2) is 24.3 Å². The molecule has 2 aliphatic rings. The highest BCUT2D eigenvalue weighted by molar-refractivity contribution is 5.94. The van der Waals surface area contributed by atoms with Crippen LogP contribution in [0.1, 0.15) is 44.1 Å². The highest BCUT2D eigenvalue weighted by Gasteiger charge is 2.25. The van der Waals surface area contributed by atoms with E-state index in [9.17, 15) is 4.79 Å². The predicted octanol–water partition coefficient (Wildman–Crippen LogP) is 3.48. The van der Waals surface area contributed by atoms with Crippen LogP contribution in [0.2, 0.25) is 0 Å². The number of nitrogens with zero attached hydrogens (tertiary/aromatic N) is 1.